The molecule has 0 radical (unpaired) electrons. The van der Waals surface area contributed by atoms with Gasteiger partial charge in [-0.3, -0.25) is 9.59 Å². The second kappa shape index (κ2) is 11.5. The Balaban J connectivity index is 1.50. The van der Waals surface area contributed by atoms with Gasteiger partial charge in [0.25, 0.3) is 0 Å². The van der Waals surface area contributed by atoms with Crippen molar-refractivity contribution in [2.45, 2.75) is 32.7 Å². The van der Waals surface area contributed by atoms with E-state index in [0.717, 1.165) is 17.5 Å². The van der Waals surface area contributed by atoms with Gasteiger partial charge in [0.2, 0.25) is 11.8 Å². The quantitative estimate of drug-likeness (QED) is 0.415. The second-order valence-electron chi connectivity index (χ2n) is 9.22. The molecule has 1 unspecified atom stereocenters. The van der Waals surface area contributed by atoms with Gasteiger partial charge in [-0.2, -0.15) is 0 Å². The van der Waals surface area contributed by atoms with Gasteiger partial charge >= 0.3 is 0 Å². The van der Waals surface area contributed by atoms with E-state index in [9.17, 15) is 14.0 Å². The Kier molecular flexibility index (Phi) is 8.18. The van der Waals surface area contributed by atoms with Crippen LogP contribution in [0.4, 0.5) is 4.39 Å². The number of fused-ring (bicyclic) bond motifs is 1. The highest BCUT2D eigenvalue weighted by Gasteiger charge is 2.33. The summed E-state index contributed by atoms with van der Waals surface area (Å²) < 4.78 is 20.0. The predicted octanol–water partition coefficient (Wildman–Crippen LogP) is 5.12. The van der Waals surface area contributed by atoms with Crippen LogP contribution in [0.5, 0.6) is 5.75 Å². The van der Waals surface area contributed by atoms with Gasteiger partial charge < -0.3 is 14.5 Å². The zero-order valence-electron chi connectivity index (χ0n) is 20.2. The van der Waals surface area contributed by atoms with E-state index in [1.807, 2.05) is 55.6 Å². The number of carbonyl (C=O) groups excluding carboxylic acids is 2. The lowest BCUT2D eigenvalue weighted by Crippen LogP contribution is -2.48. The molecule has 7 heteroatoms. The molecule has 0 bridgehead atoms. The van der Waals surface area contributed by atoms with Gasteiger partial charge in [0.05, 0.1) is 19.0 Å². The fourth-order valence-electron chi connectivity index (χ4n) is 4.44. The van der Waals surface area contributed by atoms with Crippen LogP contribution < -0.4 is 4.74 Å². The maximum Gasteiger partial charge on any atom is 0.242 e. The van der Waals surface area contributed by atoms with E-state index < -0.39 is 5.82 Å². The Morgan fingerprint density at radius 2 is 1.86 bits per heavy atom. The second-order valence-corrected chi connectivity index (χ2v) is 10.2. The first-order valence-electron chi connectivity index (χ1n) is 12.0. The fraction of sp³-hybridized carbons (Fsp3) is 0.357. The minimum Gasteiger partial charge on any atom is -0.488 e. The number of hydrogen-bond donors (Lipinski definition) is 0. The van der Waals surface area contributed by atoms with E-state index in [1.165, 1.54) is 10.9 Å². The molecular formula is C28H31FN2O3S. The number of nitrogens with zero attached hydrogens (tertiary/aromatic N) is 2. The highest BCUT2D eigenvalue weighted by molar-refractivity contribution is 7.10. The lowest BCUT2D eigenvalue weighted by molar-refractivity contribution is -0.142. The Labute approximate surface area is 210 Å². The first-order valence-corrected chi connectivity index (χ1v) is 12.8. The molecule has 4 rings (SSSR count). The summed E-state index contributed by atoms with van der Waals surface area (Å²) in [4.78, 5) is 31.4. The van der Waals surface area contributed by atoms with Gasteiger partial charge in [0.1, 0.15) is 6.61 Å². The van der Waals surface area contributed by atoms with Crippen LogP contribution in [0.3, 0.4) is 0 Å². The maximum absolute atomic E-state index is 14.1. The molecule has 2 amide bonds. The standard InChI is InChI=1S/C28H31FN2O3S/c1-20(2)17-30(27(32)16-21-8-4-3-5-9-21)18-28(33)31-14-12-26-22(13-15-35-26)24(31)19-34-25-11-7-6-10-23(25)29/h3-11,13,15,20,24H,12,14,16-19H2,1-2H3. The van der Waals surface area contributed by atoms with Crippen LogP contribution in [-0.2, 0) is 22.4 Å². The van der Waals surface area contributed by atoms with Crippen molar-refractivity contribution in [2.24, 2.45) is 5.92 Å². The summed E-state index contributed by atoms with van der Waals surface area (Å²) in [6.45, 7) is 5.29. The number of benzene rings is 2. The van der Waals surface area contributed by atoms with Crippen LogP contribution >= 0.6 is 11.3 Å². The number of halogens is 1. The fourth-order valence-corrected chi connectivity index (χ4v) is 5.37. The van der Waals surface area contributed by atoms with Crippen molar-refractivity contribution in [3.8, 4) is 5.75 Å². The van der Waals surface area contributed by atoms with Gasteiger partial charge in [-0.25, -0.2) is 4.39 Å². The molecule has 0 saturated carbocycles. The summed E-state index contributed by atoms with van der Waals surface area (Å²) in [6, 6.07) is 17.6. The number of amides is 2. The van der Waals surface area contributed by atoms with Crippen molar-refractivity contribution in [3.63, 3.8) is 0 Å². The molecular weight excluding hydrogens is 463 g/mol. The van der Waals surface area contributed by atoms with Crippen molar-refractivity contribution in [1.82, 2.24) is 9.80 Å². The topological polar surface area (TPSA) is 49.9 Å². The maximum atomic E-state index is 14.1. The highest BCUT2D eigenvalue weighted by Crippen LogP contribution is 2.34. The van der Waals surface area contributed by atoms with Crippen LogP contribution in [0.25, 0.3) is 0 Å². The summed E-state index contributed by atoms with van der Waals surface area (Å²) >= 11 is 1.66. The van der Waals surface area contributed by atoms with Crippen molar-refractivity contribution in [1.29, 1.82) is 0 Å². The van der Waals surface area contributed by atoms with Crippen molar-refractivity contribution in [2.75, 3.05) is 26.2 Å². The Morgan fingerprint density at radius 1 is 1.11 bits per heavy atom. The number of para-hydroxylation sites is 1. The van der Waals surface area contributed by atoms with Crippen LogP contribution in [0.2, 0.25) is 0 Å². The molecule has 2 heterocycles. The summed E-state index contributed by atoms with van der Waals surface area (Å²) in [5.74, 6) is -0.215. The SMILES string of the molecule is CC(C)CN(CC(=O)N1CCc2sccc2C1COc1ccccc1F)C(=O)Cc1ccccc1. The number of ether oxygens (including phenoxy) is 1. The van der Waals surface area contributed by atoms with Crippen LogP contribution in [-0.4, -0.2) is 47.9 Å². The molecule has 35 heavy (non-hydrogen) atoms. The minimum absolute atomic E-state index is 0.0134. The highest BCUT2D eigenvalue weighted by atomic mass is 32.1. The van der Waals surface area contributed by atoms with Crippen molar-refractivity contribution < 1.29 is 18.7 Å². The van der Waals surface area contributed by atoms with Gasteiger partial charge in [-0.15, -0.1) is 11.3 Å². The predicted molar refractivity (Wildman–Crippen MR) is 136 cm³/mol. The van der Waals surface area contributed by atoms with E-state index in [-0.39, 0.29) is 49.1 Å². The summed E-state index contributed by atoms with van der Waals surface area (Å²) in [5, 5.41) is 2.02. The third-order valence-electron chi connectivity index (χ3n) is 6.11. The van der Waals surface area contributed by atoms with Crippen LogP contribution in [0.15, 0.2) is 66.0 Å². The Morgan fingerprint density at radius 3 is 2.60 bits per heavy atom. The van der Waals surface area contributed by atoms with Crippen molar-refractivity contribution >= 4 is 23.2 Å². The van der Waals surface area contributed by atoms with Crippen LogP contribution in [0.1, 0.15) is 35.9 Å². The lowest BCUT2D eigenvalue weighted by atomic mass is 10.00. The summed E-state index contributed by atoms with van der Waals surface area (Å²) in [7, 11) is 0. The lowest BCUT2D eigenvalue weighted by Gasteiger charge is -2.37. The van der Waals surface area contributed by atoms with Gasteiger partial charge in [0, 0.05) is 18.0 Å². The molecule has 1 aromatic heterocycles. The third kappa shape index (κ3) is 6.28. The van der Waals surface area contributed by atoms with E-state index in [0.29, 0.717) is 13.1 Å². The molecule has 0 fully saturated rings. The Bertz CT molecular complexity index is 1150. The van der Waals surface area contributed by atoms with Gasteiger partial charge in [0.15, 0.2) is 11.6 Å². The van der Waals surface area contributed by atoms with E-state index >= 15 is 0 Å². The molecule has 184 valence electrons. The number of carbonyl (C=O) groups is 2. The van der Waals surface area contributed by atoms with E-state index in [2.05, 4.69) is 0 Å². The van der Waals surface area contributed by atoms with Gasteiger partial charge in [-0.1, -0.05) is 56.3 Å². The molecule has 1 aliphatic heterocycles. The largest absolute Gasteiger partial charge is 0.488 e. The average molecular weight is 495 g/mol. The van der Waals surface area contributed by atoms with Crippen LogP contribution in [0, 0.1) is 11.7 Å². The monoisotopic (exact) mass is 494 g/mol. The molecule has 0 aliphatic carbocycles. The zero-order valence-corrected chi connectivity index (χ0v) is 21.0. The summed E-state index contributed by atoms with van der Waals surface area (Å²) in [6.07, 6.45) is 1.02. The molecule has 5 nitrogen and oxygen atoms in total. The molecule has 1 atom stereocenters. The first kappa shape index (κ1) is 24.9. The number of rotatable bonds is 9. The molecule has 0 saturated heterocycles. The normalized spacial score (nSPS) is 15.1. The molecule has 3 aromatic rings. The first-order chi connectivity index (χ1) is 16.9. The molecule has 0 spiro atoms. The van der Waals surface area contributed by atoms with E-state index in [4.69, 9.17) is 4.74 Å². The molecule has 0 N–H and O–H groups in total. The number of thiophene rings is 1. The summed E-state index contributed by atoms with van der Waals surface area (Å²) in [5.41, 5.74) is 1.97. The molecule has 2 aromatic carbocycles. The Hall–Kier alpha value is -3.19. The van der Waals surface area contributed by atoms with Gasteiger partial charge in [-0.05, 0) is 47.0 Å². The van der Waals surface area contributed by atoms with E-state index in [1.54, 1.807) is 39.3 Å². The zero-order chi connectivity index (χ0) is 24.8. The number of hydrogen-bond acceptors (Lipinski definition) is 4. The van der Waals surface area contributed by atoms with Crippen molar-refractivity contribution in [3.05, 3.63) is 87.9 Å². The molecule has 1 aliphatic rings. The minimum atomic E-state index is -0.429. The average Bonchev–Trinajstić information content (AvgIpc) is 3.32. The third-order valence-corrected chi connectivity index (χ3v) is 7.11. The smallest absolute Gasteiger partial charge is 0.242 e.